The van der Waals surface area contributed by atoms with Gasteiger partial charge in [-0.15, -0.1) is 0 Å². The molecule has 0 aromatic rings. The number of carboxylic acids is 1. The van der Waals surface area contributed by atoms with E-state index in [1.165, 1.54) is 32.1 Å². The van der Waals surface area contributed by atoms with Crippen LogP contribution in [0.2, 0.25) is 0 Å². The number of carboxylic acid groups (broad SMARTS) is 1. The topological polar surface area (TPSA) is 57.5 Å². The van der Waals surface area contributed by atoms with Crippen molar-refractivity contribution in [3.8, 4) is 0 Å². The Hall–Kier alpha value is -0.830. The van der Waals surface area contributed by atoms with Gasteiger partial charge in [0.25, 0.3) is 0 Å². The van der Waals surface area contributed by atoms with Gasteiger partial charge in [0.1, 0.15) is 0 Å². The summed E-state index contributed by atoms with van der Waals surface area (Å²) in [6.45, 7) is 2.23. The third-order valence-corrected chi connectivity index (χ3v) is 3.73. The van der Waals surface area contributed by atoms with Crippen LogP contribution in [-0.2, 0) is 4.79 Å². The molecule has 0 aliphatic carbocycles. The molecule has 3 nitrogen and oxygen atoms in total. The van der Waals surface area contributed by atoms with Crippen molar-refractivity contribution in [3.63, 3.8) is 0 Å². The molecule has 124 valence electrons. The average Bonchev–Trinajstić information content (AvgIpc) is 2.45. The van der Waals surface area contributed by atoms with Crippen LogP contribution in [0, 0.1) is 0 Å². The third kappa shape index (κ3) is 17.1. The number of aliphatic hydroxyl groups is 1. The van der Waals surface area contributed by atoms with E-state index in [1.54, 1.807) is 0 Å². The van der Waals surface area contributed by atoms with Gasteiger partial charge in [-0.05, 0) is 44.9 Å². The van der Waals surface area contributed by atoms with Gasteiger partial charge in [0.15, 0.2) is 0 Å². The molecule has 1 atom stereocenters. The highest BCUT2D eigenvalue weighted by molar-refractivity contribution is 5.66. The van der Waals surface area contributed by atoms with Gasteiger partial charge >= 0.3 is 5.97 Å². The lowest BCUT2D eigenvalue weighted by Crippen LogP contribution is -2.06. The Morgan fingerprint density at radius 2 is 1.48 bits per heavy atom. The quantitative estimate of drug-likeness (QED) is 0.327. The van der Waals surface area contributed by atoms with Gasteiger partial charge in [0.05, 0.1) is 6.10 Å². The van der Waals surface area contributed by atoms with E-state index in [-0.39, 0.29) is 12.5 Å². The summed E-state index contributed by atoms with van der Waals surface area (Å²) >= 11 is 0. The number of unbranched alkanes of at least 4 members (excludes halogenated alkanes) is 7. The van der Waals surface area contributed by atoms with E-state index in [4.69, 9.17) is 5.11 Å². The monoisotopic (exact) mass is 298 g/mol. The summed E-state index contributed by atoms with van der Waals surface area (Å²) in [5.41, 5.74) is 0. The van der Waals surface area contributed by atoms with Crippen molar-refractivity contribution >= 4 is 5.97 Å². The zero-order valence-corrected chi connectivity index (χ0v) is 13.7. The van der Waals surface area contributed by atoms with Crippen LogP contribution in [0.3, 0.4) is 0 Å². The summed E-state index contributed by atoms with van der Waals surface area (Å²) in [4.78, 5) is 10.3. The molecule has 3 heteroatoms. The fraction of sp³-hybridized carbons (Fsp3) is 0.833. The molecule has 21 heavy (non-hydrogen) atoms. The number of allylic oxidation sites excluding steroid dienone is 2. The summed E-state index contributed by atoms with van der Waals surface area (Å²) in [7, 11) is 0. The molecule has 0 fully saturated rings. The number of rotatable bonds is 15. The molecule has 0 saturated heterocycles. The van der Waals surface area contributed by atoms with Crippen LogP contribution in [0.5, 0.6) is 0 Å². The Balaban J connectivity index is 3.25. The molecule has 2 N–H and O–H groups in total. The summed E-state index contributed by atoms with van der Waals surface area (Å²) in [6, 6.07) is 0. The van der Waals surface area contributed by atoms with Crippen LogP contribution in [0.15, 0.2) is 12.2 Å². The largest absolute Gasteiger partial charge is 0.481 e. The van der Waals surface area contributed by atoms with E-state index in [0.29, 0.717) is 6.42 Å². The highest BCUT2D eigenvalue weighted by Crippen LogP contribution is 2.11. The third-order valence-electron chi connectivity index (χ3n) is 3.73. The van der Waals surface area contributed by atoms with Crippen molar-refractivity contribution in [2.75, 3.05) is 0 Å². The van der Waals surface area contributed by atoms with Gasteiger partial charge in [-0.2, -0.15) is 0 Å². The highest BCUT2D eigenvalue weighted by Gasteiger charge is 2.04. The van der Waals surface area contributed by atoms with Gasteiger partial charge in [-0.25, -0.2) is 0 Å². The van der Waals surface area contributed by atoms with E-state index in [9.17, 15) is 9.90 Å². The minimum atomic E-state index is -0.744. The van der Waals surface area contributed by atoms with Crippen molar-refractivity contribution in [2.45, 2.75) is 96.5 Å². The molecule has 0 aromatic heterocycles. The van der Waals surface area contributed by atoms with Crippen molar-refractivity contribution in [1.29, 1.82) is 0 Å². The fourth-order valence-electron chi connectivity index (χ4n) is 2.37. The van der Waals surface area contributed by atoms with Gasteiger partial charge in [-0.3, -0.25) is 4.79 Å². The zero-order valence-electron chi connectivity index (χ0n) is 13.7. The first-order valence-electron chi connectivity index (χ1n) is 8.71. The molecule has 0 aliphatic rings. The number of aliphatic carboxylic acids is 1. The Morgan fingerprint density at radius 1 is 0.905 bits per heavy atom. The Bertz CT molecular complexity index is 261. The predicted octanol–water partition coefficient (Wildman–Crippen LogP) is 5.08. The molecule has 0 aliphatic heterocycles. The van der Waals surface area contributed by atoms with Crippen molar-refractivity contribution in [1.82, 2.24) is 0 Å². The second-order valence-electron chi connectivity index (χ2n) is 5.90. The minimum Gasteiger partial charge on any atom is -0.481 e. The van der Waals surface area contributed by atoms with Crippen molar-refractivity contribution < 1.29 is 15.0 Å². The van der Waals surface area contributed by atoms with E-state index < -0.39 is 5.97 Å². The van der Waals surface area contributed by atoms with Crippen LogP contribution >= 0.6 is 0 Å². The van der Waals surface area contributed by atoms with Crippen LogP contribution in [0.4, 0.5) is 0 Å². The minimum absolute atomic E-state index is 0.218. The molecule has 0 radical (unpaired) electrons. The Morgan fingerprint density at radius 3 is 2.05 bits per heavy atom. The summed E-state index contributed by atoms with van der Waals surface area (Å²) in [5, 5.41) is 18.3. The van der Waals surface area contributed by atoms with Gasteiger partial charge in [0, 0.05) is 6.42 Å². The molecular formula is C18H34O3. The van der Waals surface area contributed by atoms with Crippen molar-refractivity contribution in [2.24, 2.45) is 0 Å². The molecular weight excluding hydrogens is 264 g/mol. The Labute approximate surface area is 130 Å². The molecule has 0 heterocycles. The first-order valence-corrected chi connectivity index (χ1v) is 8.71. The van der Waals surface area contributed by atoms with Crippen LogP contribution in [0.1, 0.15) is 90.4 Å². The number of hydrogen-bond donors (Lipinski definition) is 2. The van der Waals surface area contributed by atoms with Gasteiger partial charge in [-0.1, -0.05) is 51.2 Å². The maximum atomic E-state index is 10.3. The van der Waals surface area contributed by atoms with E-state index in [1.807, 2.05) is 0 Å². The lowest BCUT2D eigenvalue weighted by Gasteiger charge is -2.09. The van der Waals surface area contributed by atoms with Gasteiger partial charge in [0.2, 0.25) is 0 Å². The number of aliphatic hydroxyl groups excluding tert-OH is 1. The molecule has 1 unspecified atom stereocenters. The number of hydrogen-bond acceptors (Lipinski definition) is 2. The lowest BCUT2D eigenvalue weighted by atomic mass is 10.0. The van der Waals surface area contributed by atoms with E-state index in [0.717, 1.165) is 38.5 Å². The summed E-state index contributed by atoms with van der Waals surface area (Å²) in [6.07, 6.45) is 17.4. The second-order valence-corrected chi connectivity index (χ2v) is 5.90. The average molecular weight is 298 g/mol. The Kier molecular flexibility index (Phi) is 14.9. The van der Waals surface area contributed by atoms with Crippen LogP contribution < -0.4 is 0 Å². The first-order chi connectivity index (χ1) is 10.2. The standard InChI is InChI=1S/C18H34O3/c1-2-3-4-5-6-7-8-9-10-11-14-17(19)15-12-13-16-18(20)21/h7-8,17,19H,2-6,9-16H2,1H3,(H,20,21)/b8-7+. The predicted molar refractivity (Wildman–Crippen MR) is 88.5 cm³/mol. The number of carbonyl (C=O) groups is 1. The summed E-state index contributed by atoms with van der Waals surface area (Å²) < 4.78 is 0. The maximum absolute atomic E-state index is 10.3. The highest BCUT2D eigenvalue weighted by atomic mass is 16.4. The SMILES string of the molecule is CCCCCC/C=C/CCCCC(O)CCCCC(=O)O. The first kappa shape index (κ1) is 20.2. The lowest BCUT2D eigenvalue weighted by molar-refractivity contribution is -0.137. The molecule has 0 saturated carbocycles. The van der Waals surface area contributed by atoms with Crippen LogP contribution in [-0.4, -0.2) is 22.3 Å². The normalized spacial score (nSPS) is 12.9. The second kappa shape index (κ2) is 15.6. The zero-order chi connectivity index (χ0) is 15.8. The smallest absolute Gasteiger partial charge is 0.303 e. The summed E-state index contributed by atoms with van der Waals surface area (Å²) in [5.74, 6) is -0.744. The molecule has 0 aromatic carbocycles. The van der Waals surface area contributed by atoms with Crippen molar-refractivity contribution in [3.05, 3.63) is 12.2 Å². The molecule has 0 bridgehead atoms. The van der Waals surface area contributed by atoms with E-state index in [2.05, 4.69) is 19.1 Å². The fourth-order valence-corrected chi connectivity index (χ4v) is 2.37. The molecule has 0 amide bonds. The van der Waals surface area contributed by atoms with Crippen LogP contribution in [0.25, 0.3) is 0 Å². The maximum Gasteiger partial charge on any atom is 0.303 e. The molecule has 0 spiro atoms. The molecule has 0 rings (SSSR count). The van der Waals surface area contributed by atoms with Gasteiger partial charge < -0.3 is 10.2 Å². The van der Waals surface area contributed by atoms with E-state index >= 15 is 0 Å².